The lowest BCUT2D eigenvalue weighted by atomic mass is 10.1. The topological polar surface area (TPSA) is 96.3 Å². The Morgan fingerprint density at radius 3 is 2.64 bits per heavy atom. The van der Waals surface area contributed by atoms with Crippen molar-refractivity contribution in [1.82, 2.24) is 5.32 Å². The van der Waals surface area contributed by atoms with Gasteiger partial charge in [-0.25, -0.2) is 4.79 Å². The van der Waals surface area contributed by atoms with Crippen LogP contribution >= 0.6 is 11.8 Å². The van der Waals surface area contributed by atoms with E-state index in [4.69, 9.17) is 10.00 Å². The molecule has 0 spiro atoms. The van der Waals surface area contributed by atoms with Crippen molar-refractivity contribution in [2.45, 2.75) is 36.6 Å². The summed E-state index contributed by atoms with van der Waals surface area (Å²) in [6.45, 7) is 3.13. The number of benzene rings is 1. The van der Waals surface area contributed by atoms with Crippen LogP contribution in [0.5, 0.6) is 0 Å². The summed E-state index contributed by atoms with van der Waals surface area (Å²) in [6.07, 6.45) is 2.48. The summed E-state index contributed by atoms with van der Waals surface area (Å²) in [5.41, 5.74) is 0. The van der Waals surface area contributed by atoms with E-state index in [1.807, 2.05) is 30.3 Å². The molecule has 1 aromatic carbocycles. The van der Waals surface area contributed by atoms with Gasteiger partial charge in [-0.2, -0.15) is 5.26 Å². The van der Waals surface area contributed by atoms with Crippen molar-refractivity contribution in [3.8, 4) is 6.07 Å². The number of nitrogens with one attached hydrogen (secondary N) is 1. The summed E-state index contributed by atoms with van der Waals surface area (Å²) < 4.78 is 4.76. The number of rotatable bonds is 10. The SMILES string of the molecule is C=CCCC(=O)N[C@@H](CCC(=O)Sc1ccccc1)C(=O)OCC#N. The third kappa shape index (κ3) is 8.72. The van der Waals surface area contributed by atoms with Gasteiger partial charge in [0.2, 0.25) is 5.91 Å². The van der Waals surface area contributed by atoms with E-state index in [1.165, 1.54) is 0 Å². The first-order valence-electron chi connectivity index (χ1n) is 7.76. The molecular formula is C18H20N2O4S. The van der Waals surface area contributed by atoms with E-state index in [9.17, 15) is 14.4 Å². The quantitative estimate of drug-likeness (QED) is 0.391. The number of hydrogen-bond acceptors (Lipinski definition) is 6. The number of allylic oxidation sites excluding steroid dienone is 1. The van der Waals surface area contributed by atoms with Crippen LogP contribution in [0.15, 0.2) is 47.9 Å². The van der Waals surface area contributed by atoms with Gasteiger partial charge < -0.3 is 10.1 Å². The standard InChI is InChI=1S/C18H20N2O4S/c1-2-3-9-16(21)20-15(18(23)24-13-12-19)10-11-17(22)25-14-7-5-4-6-8-14/h2,4-8,15H,1,3,9-11,13H2,(H,20,21)/t15-/m0/s1. The summed E-state index contributed by atoms with van der Waals surface area (Å²) in [5.74, 6) is -1.05. The second-order valence-electron chi connectivity index (χ2n) is 5.04. The van der Waals surface area contributed by atoms with Crippen LogP contribution in [0, 0.1) is 11.3 Å². The van der Waals surface area contributed by atoms with Crippen molar-refractivity contribution in [2.24, 2.45) is 0 Å². The highest BCUT2D eigenvalue weighted by molar-refractivity contribution is 8.13. The zero-order valence-corrected chi connectivity index (χ0v) is 14.6. The summed E-state index contributed by atoms with van der Waals surface area (Å²) in [5, 5.41) is 10.9. The summed E-state index contributed by atoms with van der Waals surface area (Å²) in [7, 11) is 0. The molecule has 0 unspecified atom stereocenters. The maximum Gasteiger partial charge on any atom is 0.329 e. The third-order valence-electron chi connectivity index (χ3n) is 3.09. The number of hydrogen-bond donors (Lipinski definition) is 1. The van der Waals surface area contributed by atoms with E-state index in [0.29, 0.717) is 6.42 Å². The van der Waals surface area contributed by atoms with Crippen molar-refractivity contribution in [3.05, 3.63) is 43.0 Å². The minimum Gasteiger partial charge on any atom is -0.449 e. The normalized spacial score (nSPS) is 11.0. The minimum atomic E-state index is -0.953. The summed E-state index contributed by atoms with van der Waals surface area (Å²) in [4.78, 5) is 36.6. The average Bonchev–Trinajstić information content (AvgIpc) is 2.62. The number of carbonyl (C=O) groups is 3. The Morgan fingerprint density at radius 1 is 1.28 bits per heavy atom. The highest BCUT2D eigenvalue weighted by Gasteiger charge is 2.23. The van der Waals surface area contributed by atoms with E-state index in [-0.39, 0.29) is 30.3 Å². The van der Waals surface area contributed by atoms with E-state index in [1.54, 1.807) is 12.1 Å². The molecule has 0 aliphatic carbocycles. The van der Waals surface area contributed by atoms with Gasteiger partial charge in [0.05, 0.1) is 0 Å². The molecular weight excluding hydrogens is 340 g/mol. The van der Waals surface area contributed by atoms with Gasteiger partial charge in [0, 0.05) is 17.7 Å². The summed E-state index contributed by atoms with van der Waals surface area (Å²) >= 11 is 1.08. The first-order chi connectivity index (χ1) is 12.1. The van der Waals surface area contributed by atoms with Crippen molar-refractivity contribution < 1.29 is 19.1 Å². The van der Waals surface area contributed by atoms with E-state index < -0.39 is 18.6 Å². The van der Waals surface area contributed by atoms with Crippen molar-refractivity contribution in [1.29, 1.82) is 5.26 Å². The number of esters is 1. The van der Waals surface area contributed by atoms with Crippen LogP contribution in [0.1, 0.15) is 25.7 Å². The largest absolute Gasteiger partial charge is 0.449 e. The van der Waals surface area contributed by atoms with E-state index in [0.717, 1.165) is 16.7 Å². The van der Waals surface area contributed by atoms with Crippen LogP contribution in [0.4, 0.5) is 0 Å². The van der Waals surface area contributed by atoms with Gasteiger partial charge in [0.1, 0.15) is 12.1 Å². The molecule has 132 valence electrons. The fourth-order valence-electron chi connectivity index (χ4n) is 1.89. The maximum absolute atomic E-state index is 12.0. The Bertz CT molecular complexity index is 640. The predicted molar refractivity (Wildman–Crippen MR) is 94.5 cm³/mol. The molecule has 1 rings (SSSR count). The van der Waals surface area contributed by atoms with Gasteiger partial charge in [-0.05, 0) is 25.0 Å². The van der Waals surface area contributed by atoms with E-state index >= 15 is 0 Å². The molecule has 0 heterocycles. The lowest BCUT2D eigenvalue weighted by Crippen LogP contribution is -2.42. The van der Waals surface area contributed by atoms with Crippen LogP contribution < -0.4 is 5.32 Å². The van der Waals surface area contributed by atoms with Crippen molar-refractivity contribution >= 4 is 28.8 Å². The molecule has 0 aromatic heterocycles. The molecule has 1 amide bonds. The fourth-order valence-corrected chi connectivity index (χ4v) is 2.66. The van der Waals surface area contributed by atoms with Gasteiger partial charge in [-0.1, -0.05) is 36.0 Å². The molecule has 0 saturated carbocycles. The van der Waals surface area contributed by atoms with Gasteiger partial charge >= 0.3 is 5.97 Å². The van der Waals surface area contributed by atoms with Crippen molar-refractivity contribution in [3.63, 3.8) is 0 Å². The monoisotopic (exact) mass is 360 g/mol. The average molecular weight is 360 g/mol. The fraction of sp³-hybridized carbons (Fsp3) is 0.333. The molecule has 1 aromatic rings. The Morgan fingerprint density at radius 2 is 2.00 bits per heavy atom. The molecule has 0 aliphatic heterocycles. The van der Waals surface area contributed by atoms with Crippen LogP contribution in [0.3, 0.4) is 0 Å². The lowest BCUT2D eigenvalue weighted by molar-refractivity contribution is -0.146. The lowest BCUT2D eigenvalue weighted by Gasteiger charge is -2.16. The Labute approximate surface area is 151 Å². The smallest absolute Gasteiger partial charge is 0.329 e. The minimum absolute atomic E-state index is 0.0909. The first kappa shape index (κ1) is 20.5. The molecule has 0 aliphatic rings. The second kappa shape index (κ2) is 11.9. The molecule has 0 bridgehead atoms. The predicted octanol–water partition coefficient (Wildman–Crippen LogP) is 2.60. The molecule has 1 N–H and O–H groups in total. The van der Waals surface area contributed by atoms with Crippen LogP contribution in [-0.4, -0.2) is 29.6 Å². The molecule has 1 atom stereocenters. The van der Waals surface area contributed by atoms with Crippen LogP contribution in [0.25, 0.3) is 0 Å². The molecule has 7 heteroatoms. The Hall–Kier alpha value is -2.59. The van der Waals surface area contributed by atoms with Crippen LogP contribution in [0.2, 0.25) is 0 Å². The number of thioether (sulfide) groups is 1. The Kier molecular flexibility index (Phi) is 9.71. The second-order valence-corrected chi connectivity index (χ2v) is 6.17. The molecule has 0 saturated heterocycles. The number of nitrogens with zero attached hydrogens (tertiary/aromatic N) is 1. The van der Waals surface area contributed by atoms with Crippen LogP contribution in [-0.2, 0) is 19.1 Å². The van der Waals surface area contributed by atoms with Gasteiger partial charge in [-0.15, -0.1) is 6.58 Å². The van der Waals surface area contributed by atoms with Crippen molar-refractivity contribution in [2.75, 3.05) is 6.61 Å². The summed E-state index contributed by atoms with van der Waals surface area (Å²) in [6, 6.07) is 9.90. The Balaban J connectivity index is 2.57. The zero-order chi connectivity index (χ0) is 18.5. The highest BCUT2D eigenvalue weighted by atomic mass is 32.2. The highest BCUT2D eigenvalue weighted by Crippen LogP contribution is 2.20. The molecule has 0 radical (unpaired) electrons. The number of amides is 1. The molecule has 25 heavy (non-hydrogen) atoms. The maximum atomic E-state index is 12.0. The molecule has 6 nitrogen and oxygen atoms in total. The number of ether oxygens (including phenoxy) is 1. The number of carbonyl (C=O) groups excluding carboxylic acids is 3. The first-order valence-corrected chi connectivity index (χ1v) is 8.58. The zero-order valence-electron chi connectivity index (χ0n) is 13.8. The van der Waals surface area contributed by atoms with Gasteiger partial charge in [0.25, 0.3) is 0 Å². The van der Waals surface area contributed by atoms with Gasteiger partial charge in [-0.3, -0.25) is 9.59 Å². The number of nitriles is 1. The molecule has 0 fully saturated rings. The van der Waals surface area contributed by atoms with E-state index in [2.05, 4.69) is 11.9 Å². The third-order valence-corrected chi connectivity index (χ3v) is 4.03. The van der Waals surface area contributed by atoms with Gasteiger partial charge in [0.15, 0.2) is 11.7 Å².